The molecule has 1 aromatic carbocycles. The quantitative estimate of drug-likeness (QED) is 0.697. The molecule has 2 aromatic heterocycles. The third-order valence-corrected chi connectivity index (χ3v) is 5.51. The molecule has 7 nitrogen and oxygen atoms in total. The van der Waals surface area contributed by atoms with Crippen molar-refractivity contribution in [3.05, 3.63) is 42.9 Å². The molecule has 0 spiro atoms. The minimum atomic E-state index is 0.0191. The number of nitrogens with one attached hydrogen (secondary N) is 1. The van der Waals surface area contributed by atoms with Crippen molar-refractivity contribution in [3.63, 3.8) is 0 Å². The molecular formula is C23H28N6O. The van der Waals surface area contributed by atoms with Gasteiger partial charge >= 0.3 is 0 Å². The summed E-state index contributed by atoms with van der Waals surface area (Å²) in [5.41, 5.74) is 2.53. The highest BCUT2D eigenvalue weighted by molar-refractivity contribution is 5.94. The molecule has 1 N–H and O–H groups in total. The summed E-state index contributed by atoms with van der Waals surface area (Å²) >= 11 is 0. The van der Waals surface area contributed by atoms with Gasteiger partial charge in [-0.2, -0.15) is 0 Å². The third kappa shape index (κ3) is 4.97. The van der Waals surface area contributed by atoms with E-state index >= 15 is 0 Å². The Hall–Kier alpha value is -2.93. The zero-order chi connectivity index (χ0) is 20.9. The van der Waals surface area contributed by atoms with E-state index in [2.05, 4.69) is 44.2 Å². The van der Waals surface area contributed by atoms with Crippen molar-refractivity contribution in [3.8, 4) is 11.3 Å². The van der Waals surface area contributed by atoms with E-state index < -0.39 is 0 Å². The van der Waals surface area contributed by atoms with Gasteiger partial charge in [-0.1, -0.05) is 19.9 Å². The number of amides is 1. The number of nitrogens with zero attached hydrogens (tertiary/aromatic N) is 5. The SMILES string of the molecule is CC(C)CN1CCCC(C(=O)Nc2cc3cc(-c4cnccn4)ccc3nn2)CC1. The number of aromatic nitrogens is 4. The summed E-state index contributed by atoms with van der Waals surface area (Å²) in [5, 5.41) is 12.4. The van der Waals surface area contributed by atoms with Crippen molar-refractivity contribution in [2.24, 2.45) is 11.8 Å². The summed E-state index contributed by atoms with van der Waals surface area (Å²) in [6.07, 6.45) is 7.90. The fourth-order valence-corrected chi connectivity index (χ4v) is 4.06. The Morgan fingerprint density at radius 3 is 2.87 bits per heavy atom. The lowest BCUT2D eigenvalue weighted by molar-refractivity contribution is -0.120. The highest BCUT2D eigenvalue weighted by Gasteiger charge is 2.23. The zero-order valence-electron chi connectivity index (χ0n) is 17.6. The monoisotopic (exact) mass is 404 g/mol. The molecule has 0 saturated carbocycles. The summed E-state index contributed by atoms with van der Waals surface area (Å²) in [5.74, 6) is 1.20. The first-order valence-corrected chi connectivity index (χ1v) is 10.7. The van der Waals surface area contributed by atoms with Crippen LogP contribution in [0.15, 0.2) is 42.9 Å². The second kappa shape index (κ2) is 9.26. The average molecular weight is 405 g/mol. The highest BCUT2D eigenvalue weighted by atomic mass is 16.2. The minimum Gasteiger partial charge on any atom is -0.309 e. The van der Waals surface area contributed by atoms with Crippen molar-refractivity contribution in [2.75, 3.05) is 25.0 Å². The predicted octanol–water partition coefficient (Wildman–Crippen LogP) is 3.78. The molecule has 0 radical (unpaired) electrons. The fourth-order valence-electron chi connectivity index (χ4n) is 4.06. The van der Waals surface area contributed by atoms with Crippen LogP contribution < -0.4 is 5.32 Å². The van der Waals surface area contributed by atoms with Crippen LogP contribution in [0.25, 0.3) is 22.2 Å². The number of anilines is 1. The Morgan fingerprint density at radius 1 is 1.17 bits per heavy atom. The summed E-state index contributed by atoms with van der Waals surface area (Å²) in [6, 6.07) is 7.74. The third-order valence-electron chi connectivity index (χ3n) is 5.51. The number of hydrogen-bond donors (Lipinski definition) is 1. The van der Waals surface area contributed by atoms with Gasteiger partial charge < -0.3 is 10.2 Å². The number of rotatable bonds is 5. The van der Waals surface area contributed by atoms with Gasteiger partial charge in [0.1, 0.15) is 0 Å². The molecule has 0 bridgehead atoms. The molecule has 3 heterocycles. The van der Waals surface area contributed by atoms with Crippen molar-refractivity contribution in [1.82, 2.24) is 25.1 Å². The molecule has 1 atom stereocenters. The van der Waals surface area contributed by atoms with Crippen molar-refractivity contribution in [1.29, 1.82) is 0 Å². The lowest BCUT2D eigenvalue weighted by atomic mass is 10.00. The lowest BCUT2D eigenvalue weighted by Crippen LogP contribution is -2.29. The van der Waals surface area contributed by atoms with E-state index in [0.717, 1.165) is 61.1 Å². The summed E-state index contributed by atoms with van der Waals surface area (Å²) < 4.78 is 0. The van der Waals surface area contributed by atoms with Crippen LogP contribution in [-0.2, 0) is 4.79 Å². The molecule has 4 rings (SSSR count). The summed E-state index contributed by atoms with van der Waals surface area (Å²) in [6.45, 7) is 7.62. The largest absolute Gasteiger partial charge is 0.309 e. The molecule has 3 aromatic rings. The molecule has 156 valence electrons. The molecule has 1 aliphatic heterocycles. The van der Waals surface area contributed by atoms with Gasteiger partial charge in [-0.25, -0.2) is 0 Å². The van der Waals surface area contributed by atoms with E-state index in [1.54, 1.807) is 18.6 Å². The first-order chi connectivity index (χ1) is 14.6. The summed E-state index contributed by atoms with van der Waals surface area (Å²) in [7, 11) is 0. The molecular weight excluding hydrogens is 376 g/mol. The predicted molar refractivity (Wildman–Crippen MR) is 118 cm³/mol. The van der Waals surface area contributed by atoms with Crippen LogP contribution in [0.3, 0.4) is 0 Å². The minimum absolute atomic E-state index is 0.0191. The second-order valence-corrected chi connectivity index (χ2v) is 8.41. The van der Waals surface area contributed by atoms with Gasteiger partial charge in [-0.05, 0) is 56.5 Å². The van der Waals surface area contributed by atoms with Gasteiger partial charge in [0.2, 0.25) is 5.91 Å². The molecule has 1 amide bonds. The number of carbonyl (C=O) groups is 1. The zero-order valence-corrected chi connectivity index (χ0v) is 17.6. The number of hydrogen-bond acceptors (Lipinski definition) is 6. The van der Waals surface area contributed by atoms with Crippen molar-refractivity contribution in [2.45, 2.75) is 33.1 Å². The van der Waals surface area contributed by atoms with Crippen LogP contribution >= 0.6 is 0 Å². The number of carbonyl (C=O) groups excluding carboxylic acids is 1. The molecule has 1 unspecified atom stereocenters. The molecule has 7 heteroatoms. The second-order valence-electron chi connectivity index (χ2n) is 8.41. The van der Waals surface area contributed by atoms with Crippen LogP contribution in [0, 0.1) is 11.8 Å². The Bertz CT molecular complexity index is 1010. The normalized spacial score (nSPS) is 17.8. The smallest absolute Gasteiger partial charge is 0.228 e. The first-order valence-electron chi connectivity index (χ1n) is 10.7. The molecule has 1 fully saturated rings. The van der Waals surface area contributed by atoms with Gasteiger partial charge in [0.25, 0.3) is 0 Å². The van der Waals surface area contributed by atoms with Crippen molar-refractivity contribution >= 4 is 22.6 Å². The van der Waals surface area contributed by atoms with E-state index in [0.29, 0.717) is 11.7 Å². The van der Waals surface area contributed by atoms with E-state index in [1.165, 1.54) is 0 Å². The molecule has 1 saturated heterocycles. The van der Waals surface area contributed by atoms with Gasteiger partial charge in [0.15, 0.2) is 5.82 Å². The van der Waals surface area contributed by atoms with Crippen LogP contribution in [0.4, 0.5) is 5.82 Å². The topological polar surface area (TPSA) is 83.9 Å². The van der Waals surface area contributed by atoms with Crippen LogP contribution in [0.1, 0.15) is 33.1 Å². The average Bonchev–Trinajstić information content (AvgIpc) is 2.99. The first kappa shape index (κ1) is 20.3. The van der Waals surface area contributed by atoms with E-state index in [9.17, 15) is 4.79 Å². The van der Waals surface area contributed by atoms with Crippen LogP contribution in [0.2, 0.25) is 0 Å². The Kier molecular flexibility index (Phi) is 6.28. The Balaban J connectivity index is 1.46. The van der Waals surface area contributed by atoms with Crippen LogP contribution in [-0.4, -0.2) is 50.6 Å². The maximum atomic E-state index is 12.9. The van der Waals surface area contributed by atoms with Gasteiger partial charge in [0, 0.05) is 35.8 Å². The molecule has 1 aliphatic rings. The van der Waals surface area contributed by atoms with Gasteiger partial charge in [-0.3, -0.25) is 14.8 Å². The summed E-state index contributed by atoms with van der Waals surface area (Å²) in [4.78, 5) is 23.8. The van der Waals surface area contributed by atoms with E-state index in [-0.39, 0.29) is 11.8 Å². The number of benzene rings is 1. The van der Waals surface area contributed by atoms with E-state index in [1.807, 2.05) is 24.3 Å². The molecule has 30 heavy (non-hydrogen) atoms. The number of likely N-dealkylation sites (tertiary alicyclic amines) is 1. The van der Waals surface area contributed by atoms with Crippen LogP contribution in [0.5, 0.6) is 0 Å². The Labute approximate surface area is 176 Å². The fraction of sp³-hybridized carbons (Fsp3) is 0.435. The maximum absolute atomic E-state index is 12.9. The highest BCUT2D eigenvalue weighted by Crippen LogP contribution is 2.24. The maximum Gasteiger partial charge on any atom is 0.228 e. The lowest BCUT2D eigenvalue weighted by Gasteiger charge is -2.22. The molecule has 0 aliphatic carbocycles. The number of fused-ring (bicyclic) bond motifs is 1. The van der Waals surface area contributed by atoms with E-state index in [4.69, 9.17) is 0 Å². The van der Waals surface area contributed by atoms with Gasteiger partial charge in [-0.15, -0.1) is 10.2 Å². The van der Waals surface area contributed by atoms with Gasteiger partial charge in [0.05, 0.1) is 17.4 Å². The standard InChI is InChI=1S/C23H28N6O/c1-16(2)15-29-10-3-4-17(7-11-29)23(30)26-22-13-19-12-18(5-6-20(19)27-28-22)21-14-24-8-9-25-21/h5-6,8-9,12-14,16-17H,3-4,7,10-11,15H2,1-2H3,(H,26,28,30). The van der Waals surface area contributed by atoms with Crippen molar-refractivity contribution < 1.29 is 4.79 Å². The Morgan fingerprint density at radius 2 is 2.07 bits per heavy atom.